The Morgan fingerprint density at radius 1 is 1.32 bits per heavy atom. The third-order valence-corrected chi connectivity index (χ3v) is 4.94. The van der Waals surface area contributed by atoms with E-state index in [9.17, 15) is 4.79 Å². The number of benzene rings is 1. The predicted octanol–water partition coefficient (Wildman–Crippen LogP) is 2.74. The molecule has 0 radical (unpaired) electrons. The van der Waals surface area contributed by atoms with Crippen LogP contribution < -0.4 is 15.8 Å². The molecule has 5 heteroatoms. The number of carbonyl (C=O) groups excluding carboxylic acids is 1. The lowest BCUT2D eigenvalue weighted by atomic mass is 9.98. The van der Waals surface area contributed by atoms with Gasteiger partial charge in [-0.2, -0.15) is 0 Å². The van der Waals surface area contributed by atoms with Crippen LogP contribution in [0.25, 0.3) is 0 Å². The lowest BCUT2D eigenvalue weighted by Crippen LogP contribution is -2.37. The van der Waals surface area contributed by atoms with Crippen molar-refractivity contribution in [2.75, 3.05) is 7.11 Å². The van der Waals surface area contributed by atoms with Crippen LogP contribution in [0.2, 0.25) is 0 Å². The summed E-state index contributed by atoms with van der Waals surface area (Å²) in [5.41, 5.74) is 7.08. The van der Waals surface area contributed by atoms with Crippen LogP contribution in [0.4, 0.5) is 0 Å². The average molecular weight is 325 g/mol. The van der Waals surface area contributed by atoms with Gasteiger partial charge in [0.05, 0.1) is 12.6 Å². The number of hydrogen-bond acceptors (Lipinski definition) is 3. The van der Waals surface area contributed by atoms with E-state index in [0.717, 1.165) is 37.9 Å². The van der Waals surface area contributed by atoms with E-state index in [1.54, 1.807) is 7.11 Å². The Morgan fingerprint density at radius 3 is 2.50 bits per heavy atom. The molecule has 22 heavy (non-hydrogen) atoms. The maximum atomic E-state index is 12.3. The zero-order valence-corrected chi connectivity index (χ0v) is 13.8. The van der Waals surface area contributed by atoms with E-state index in [2.05, 4.69) is 5.32 Å². The lowest BCUT2D eigenvalue weighted by Gasteiger charge is -2.21. The van der Waals surface area contributed by atoms with Crippen LogP contribution in [-0.4, -0.2) is 19.1 Å². The van der Waals surface area contributed by atoms with E-state index in [1.165, 1.54) is 5.56 Å². The maximum absolute atomic E-state index is 12.3. The number of halogens is 1. The molecule has 2 saturated carbocycles. The van der Waals surface area contributed by atoms with E-state index in [0.29, 0.717) is 12.3 Å². The number of amides is 1. The Kier molecular flexibility index (Phi) is 5.35. The van der Waals surface area contributed by atoms with Crippen LogP contribution >= 0.6 is 12.4 Å². The molecule has 0 spiro atoms. The molecule has 0 unspecified atom stereocenters. The van der Waals surface area contributed by atoms with Crippen LogP contribution in [0, 0.1) is 5.92 Å². The molecule has 0 heterocycles. The minimum Gasteiger partial charge on any atom is -0.497 e. The minimum atomic E-state index is -0.147. The molecule has 2 fully saturated rings. The predicted molar refractivity (Wildman–Crippen MR) is 89.2 cm³/mol. The normalized spacial score (nSPS) is 25.2. The standard InChI is InChI=1S/C17H24N2O2.ClH/c1-21-14-7-5-13(6-8-14)17(9-10-17)19-16(20)11-12-3-2-4-15(12)18;/h5-8,12,15H,2-4,9-11,18H2,1H3,(H,19,20);1H/t12-,15+;/m0./s1. The van der Waals surface area contributed by atoms with E-state index >= 15 is 0 Å². The van der Waals surface area contributed by atoms with E-state index in [4.69, 9.17) is 10.5 Å². The Hall–Kier alpha value is -1.26. The molecule has 1 aromatic rings. The fourth-order valence-corrected chi connectivity index (χ4v) is 3.40. The molecule has 2 atom stereocenters. The summed E-state index contributed by atoms with van der Waals surface area (Å²) >= 11 is 0. The van der Waals surface area contributed by atoms with Gasteiger partial charge in [-0.25, -0.2) is 0 Å². The van der Waals surface area contributed by atoms with Gasteiger partial charge in [-0.05, 0) is 49.3 Å². The largest absolute Gasteiger partial charge is 0.497 e. The molecule has 2 aliphatic carbocycles. The third-order valence-electron chi connectivity index (χ3n) is 4.94. The van der Waals surface area contributed by atoms with Crippen molar-refractivity contribution < 1.29 is 9.53 Å². The first-order chi connectivity index (χ1) is 10.1. The van der Waals surface area contributed by atoms with Crippen molar-refractivity contribution >= 4 is 18.3 Å². The van der Waals surface area contributed by atoms with Crippen molar-refractivity contribution in [3.8, 4) is 5.75 Å². The van der Waals surface area contributed by atoms with Crippen LogP contribution in [0.1, 0.15) is 44.1 Å². The molecule has 122 valence electrons. The summed E-state index contributed by atoms with van der Waals surface area (Å²) in [6.45, 7) is 0. The Labute approximate surface area is 138 Å². The zero-order chi connectivity index (χ0) is 14.9. The summed E-state index contributed by atoms with van der Waals surface area (Å²) in [4.78, 5) is 12.3. The fourth-order valence-electron chi connectivity index (χ4n) is 3.40. The molecule has 2 aliphatic rings. The molecule has 3 rings (SSSR count). The smallest absolute Gasteiger partial charge is 0.221 e. The van der Waals surface area contributed by atoms with Gasteiger partial charge in [-0.15, -0.1) is 12.4 Å². The summed E-state index contributed by atoms with van der Waals surface area (Å²) in [5, 5.41) is 3.23. The van der Waals surface area contributed by atoms with Crippen molar-refractivity contribution in [1.29, 1.82) is 0 Å². The van der Waals surface area contributed by atoms with Gasteiger partial charge in [0, 0.05) is 12.5 Å². The van der Waals surface area contributed by atoms with Crippen molar-refractivity contribution in [2.45, 2.75) is 50.1 Å². The first-order valence-electron chi connectivity index (χ1n) is 7.84. The third kappa shape index (κ3) is 3.55. The first kappa shape index (κ1) is 17.1. The highest BCUT2D eigenvalue weighted by Gasteiger charge is 2.45. The van der Waals surface area contributed by atoms with Gasteiger partial charge in [0.2, 0.25) is 5.91 Å². The maximum Gasteiger partial charge on any atom is 0.221 e. The second kappa shape index (κ2) is 6.88. The van der Waals surface area contributed by atoms with Gasteiger partial charge >= 0.3 is 0 Å². The molecule has 0 bridgehead atoms. The Bertz CT molecular complexity index is 514. The lowest BCUT2D eigenvalue weighted by molar-refractivity contribution is -0.123. The van der Waals surface area contributed by atoms with Crippen molar-refractivity contribution in [2.24, 2.45) is 11.7 Å². The Balaban J connectivity index is 0.00000176. The summed E-state index contributed by atoms with van der Waals surface area (Å²) < 4.78 is 5.18. The average Bonchev–Trinajstić information content (AvgIpc) is 3.16. The number of nitrogens with one attached hydrogen (secondary N) is 1. The molecule has 4 nitrogen and oxygen atoms in total. The van der Waals surface area contributed by atoms with Crippen molar-refractivity contribution in [1.82, 2.24) is 5.32 Å². The molecule has 1 aromatic carbocycles. The molecule has 3 N–H and O–H groups in total. The summed E-state index contributed by atoms with van der Waals surface area (Å²) in [6.07, 6.45) is 5.90. The van der Waals surface area contributed by atoms with Crippen LogP contribution in [0.5, 0.6) is 5.75 Å². The molecule has 0 saturated heterocycles. The van der Waals surface area contributed by atoms with Crippen LogP contribution in [-0.2, 0) is 10.3 Å². The van der Waals surface area contributed by atoms with Gasteiger partial charge < -0.3 is 15.8 Å². The number of rotatable bonds is 5. The molecule has 0 aromatic heterocycles. The molecular formula is C17H25ClN2O2. The number of carbonyl (C=O) groups is 1. The van der Waals surface area contributed by atoms with Gasteiger partial charge in [-0.3, -0.25) is 4.79 Å². The van der Waals surface area contributed by atoms with Gasteiger partial charge in [0.15, 0.2) is 0 Å². The number of nitrogens with two attached hydrogens (primary N) is 1. The highest BCUT2D eigenvalue weighted by atomic mass is 35.5. The number of methoxy groups -OCH3 is 1. The highest BCUT2D eigenvalue weighted by molar-refractivity contribution is 5.85. The van der Waals surface area contributed by atoms with Crippen molar-refractivity contribution in [3.05, 3.63) is 29.8 Å². The van der Waals surface area contributed by atoms with Gasteiger partial charge in [-0.1, -0.05) is 18.6 Å². The quantitative estimate of drug-likeness (QED) is 0.875. The van der Waals surface area contributed by atoms with Crippen LogP contribution in [0.15, 0.2) is 24.3 Å². The number of ether oxygens (including phenoxy) is 1. The molecule has 0 aliphatic heterocycles. The second-order valence-corrected chi connectivity index (χ2v) is 6.42. The number of hydrogen-bond donors (Lipinski definition) is 2. The SMILES string of the molecule is COc1ccc(C2(NC(=O)C[C@@H]3CCC[C@H]3N)CC2)cc1.Cl. The fraction of sp³-hybridized carbons (Fsp3) is 0.588. The molecular weight excluding hydrogens is 300 g/mol. The summed E-state index contributed by atoms with van der Waals surface area (Å²) in [6, 6.07) is 8.20. The van der Waals surface area contributed by atoms with E-state index in [1.807, 2.05) is 24.3 Å². The van der Waals surface area contributed by atoms with Gasteiger partial charge in [0.25, 0.3) is 0 Å². The zero-order valence-electron chi connectivity index (χ0n) is 13.0. The van der Waals surface area contributed by atoms with E-state index < -0.39 is 0 Å². The highest BCUT2D eigenvalue weighted by Crippen LogP contribution is 2.46. The van der Waals surface area contributed by atoms with E-state index in [-0.39, 0.29) is 29.9 Å². The van der Waals surface area contributed by atoms with Crippen LogP contribution in [0.3, 0.4) is 0 Å². The summed E-state index contributed by atoms with van der Waals surface area (Å²) in [5.74, 6) is 1.35. The topological polar surface area (TPSA) is 64.3 Å². The molecule has 1 amide bonds. The monoisotopic (exact) mass is 324 g/mol. The minimum absolute atomic E-state index is 0. The van der Waals surface area contributed by atoms with Crippen molar-refractivity contribution in [3.63, 3.8) is 0 Å². The van der Waals surface area contributed by atoms with Gasteiger partial charge in [0.1, 0.15) is 5.75 Å². The summed E-state index contributed by atoms with van der Waals surface area (Å²) in [7, 11) is 1.66. The first-order valence-corrected chi connectivity index (χ1v) is 7.84. The second-order valence-electron chi connectivity index (χ2n) is 6.42. The Morgan fingerprint density at radius 2 is 2.00 bits per heavy atom.